The first-order valence-corrected chi connectivity index (χ1v) is 8.96. The molecule has 118 valence electrons. The summed E-state index contributed by atoms with van der Waals surface area (Å²) in [5.74, 6) is 1.13. The SMILES string of the molecule is CCC1CCCCC1Oc1ccc(S(=O)(=O)NC)cc1N. The molecule has 1 fully saturated rings. The lowest BCUT2D eigenvalue weighted by molar-refractivity contribution is 0.0911. The number of benzene rings is 1. The number of ether oxygens (including phenoxy) is 1. The Labute approximate surface area is 126 Å². The van der Waals surface area contributed by atoms with Crippen molar-refractivity contribution in [3.63, 3.8) is 0 Å². The second-order valence-electron chi connectivity index (χ2n) is 5.52. The lowest BCUT2D eigenvalue weighted by Crippen LogP contribution is -2.30. The van der Waals surface area contributed by atoms with E-state index in [2.05, 4.69) is 11.6 Å². The molecule has 6 heteroatoms. The zero-order valence-electron chi connectivity index (χ0n) is 12.6. The summed E-state index contributed by atoms with van der Waals surface area (Å²) in [6.07, 6.45) is 5.93. The van der Waals surface area contributed by atoms with Crippen molar-refractivity contribution in [1.82, 2.24) is 4.72 Å². The van der Waals surface area contributed by atoms with Gasteiger partial charge in [-0.1, -0.05) is 13.3 Å². The fraction of sp³-hybridized carbons (Fsp3) is 0.600. The molecule has 21 heavy (non-hydrogen) atoms. The van der Waals surface area contributed by atoms with E-state index in [0.717, 1.165) is 12.8 Å². The summed E-state index contributed by atoms with van der Waals surface area (Å²) >= 11 is 0. The molecule has 1 aliphatic rings. The highest BCUT2D eigenvalue weighted by atomic mass is 32.2. The van der Waals surface area contributed by atoms with Crippen molar-refractivity contribution in [2.75, 3.05) is 12.8 Å². The van der Waals surface area contributed by atoms with Gasteiger partial charge in [-0.3, -0.25) is 0 Å². The smallest absolute Gasteiger partial charge is 0.240 e. The van der Waals surface area contributed by atoms with Crippen LogP contribution in [0, 0.1) is 5.92 Å². The molecule has 0 saturated heterocycles. The summed E-state index contributed by atoms with van der Waals surface area (Å²) in [4.78, 5) is 0.158. The van der Waals surface area contributed by atoms with Crippen molar-refractivity contribution in [2.24, 2.45) is 5.92 Å². The Kier molecular flexibility index (Phi) is 5.11. The molecule has 0 spiro atoms. The van der Waals surface area contributed by atoms with Crippen LogP contribution in [-0.4, -0.2) is 21.6 Å². The van der Waals surface area contributed by atoms with Crippen molar-refractivity contribution < 1.29 is 13.2 Å². The quantitative estimate of drug-likeness (QED) is 0.819. The van der Waals surface area contributed by atoms with Gasteiger partial charge < -0.3 is 10.5 Å². The van der Waals surface area contributed by atoms with E-state index < -0.39 is 10.0 Å². The Morgan fingerprint density at radius 1 is 1.33 bits per heavy atom. The zero-order valence-corrected chi connectivity index (χ0v) is 13.4. The molecule has 2 unspecified atom stereocenters. The Hall–Kier alpha value is -1.27. The molecule has 0 bridgehead atoms. The van der Waals surface area contributed by atoms with Crippen molar-refractivity contribution in [2.45, 2.75) is 50.0 Å². The molecule has 0 amide bonds. The number of nitrogens with two attached hydrogens (primary N) is 1. The van der Waals surface area contributed by atoms with Gasteiger partial charge in [0.2, 0.25) is 10.0 Å². The topological polar surface area (TPSA) is 81.4 Å². The van der Waals surface area contributed by atoms with Crippen LogP contribution in [0.15, 0.2) is 23.1 Å². The average Bonchev–Trinajstić information content (AvgIpc) is 2.49. The molecular formula is C15H24N2O3S. The van der Waals surface area contributed by atoms with Crippen LogP contribution in [0.2, 0.25) is 0 Å². The van der Waals surface area contributed by atoms with Gasteiger partial charge >= 0.3 is 0 Å². The van der Waals surface area contributed by atoms with Gasteiger partial charge in [-0.2, -0.15) is 0 Å². The normalized spacial score (nSPS) is 23.0. The van der Waals surface area contributed by atoms with Gasteiger partial charge in [0.05, 0.1) is 10.6 Å². The number of nitrogen functional groups attached to an aromatic ring is 1. The zero-order chi connectivity index (χ0) is 15.5. The predicted octanol–water partition coefficient (Wildman–Crippen LogP) is 2.52. The second-order valence-corrected chi connectivity index (χ2v) is 7.40. The summed E-state index contributed by atoms with van der Waals surface area (Å²) in [5.41, 5.74) is 6.33. The van der Waals surface area contributed by atoms with E-state index in [9.17, 15) is 8.42 Å². The molecule has 2 rings (SSSR count). The standard InChI is InChI=1S/C15H24N2O3S/c1-3-11-6-4-5-7-14(11)20-15-9-8-12(10-13(15)16)21(18,19)17-2/h8-11,14,17H,3-7,16H2,1-2H3. The van der Waals surface area contributed by atoms with Crippen molar-refractivity contribution >= 4 is 15.7 Å². The minimum atomic E-state index is -3.47. The van der Waals surface area contributed by atoms with Crippen molar-refractivity contribution in [3.05, 3.63) is 18.2 Å². The minimum absolute atomic E-state index is 0.158. The summed E-state index contributed by atoms with van der Waals surface area (Å²) in [5, 5.41) is 0. The van der Waals surface area contributed by atoms with Gasteiger partial charge in [0.1, 0.15) is 11.9 Å². The molecule has 1 aromatic carbocycles. The van der Waals surface area contributed by atoms with E-state index in [0.29, 0.717) is 17.4 Å². The van der Waals surface area contributed by atoms with Crippen molar-refractivity contribution in [3.8, 4) is 5.75 Å². The molecule has 1 aromatic rings. The fourth-order valence-electron chi connectivity index (χ4n) is 2.88. The molecule has 0 aliphatic heterocycles. The Balaban J connectivity index is 2.18. The lowest BCUT2D eigenvalue weighted by atomic mass is 9.85. The monoisotopic (exact) mass is 312 g/mol. The molecule has 0 heterocycles. The third kappa shape index (κ3) is 3.68. The van der Waals surface area contributed by atoms with Crippen LogP contribution >= 0.6 is 0 Å². The van der Waals surface area contributed by atoms with Gasteiger partial charge in [-0.15, -0.1) is 0 Å². The molecular weight excluding hydrogens is 288 g/mol. The second kappa shape index (κ2) is 6.66. The van der Waals surface area contributed by atoms with E-state index >= 15 is 0 Å². The van der Waals surface area contributed by atoms with Crippen LogP contribution in [0.3, 0.4) is 0 Å². The molecule has 0 aromatic heterocycles. The van der Waals surface area contributed by atoms with Crippen LogP contribution in [0.1, 0.15) is 39.0 Å². The van der Waals surface area contributed by atoms with Crippen LogP contribution < -0.4 is 15.2 Å². The van der Waals surface area contributed by atoms with Gasteiger partial charge in [-0.25, -0.2) is 13.1 Å². The third-order valence-corrected chi connectivity index (χ3v) is 5.61. The Morgan fingerprint density at radius 2 is 2.05 bits per heavy atom. The molecule has 1 aliphatic carbocycles. The molecule has 0 radical (unpaired) electrons. The van der Waals surface area contributed by atoms with Gasteiger partial charge in [0.25, 0.3) is 0 Å². The van der Waals surface area contributed by atoms with Crippen LogP contribution in [0.25, 0.3) is 0 Å². The minimum Gasteiger partial charge on any atom is -0.488 e. The highest BCUT2D eigenvalue weighted by Gasteiger charge is 2.26. The largest absolute Gasteiger partial charge is 0.488 e. The first-order chi connectivity index (χ1) is 9.97. The highest BCUT2D eigenvalue weighted by molar-refractivity contribution is 7.89. The Morgan fingerprint density at radius 3 is 2.67 bits per heavy atom. The maximum absolute atomic E-state index is 11.7. The number of anilines is 1. The lowest BCUT2D eigenvalue weighted by Gasteiger charge is -2.31. The molecule has 1 saturated carbocycles. The number of rotatable bonds is 5. The first-order valence-electron chi connectivity index (χ1n) is 7.47. The van der Waals surface area contributed by atoms with Gasteiger partial charge in [0, 0.05) is 0 Å². The predicted molar refractivity (Wildman–Crippen MR) is 83.8 cm³/mol. The number of nitrogens with one attached hydrogen (secondary N) is 1. The number of hydrogen-bond acceptors (Lipinski definition) is 4. The molecule has 5 nitrogen and oxygen atoms in total. The summed E-state index contributed by atoms with van der Waals surface area (Å²) in [6.45, 7) is 2.18. The van der Waals surface area contributed by atoms with Crippen LogP contribution in [0.5, 0.6) is 5.75 Å². The van der Waals surface area contributed by atoms with E-state index in [1.54, 1.807) is 6.07 Å². The third-order valence-electron chi connectivity index (χ3n) is 4.20. The fourth-order valence-corrected chi connectivity index (χ4v) is 3.64. The maximum atomic E-state index is 11.7. The Bertz CT molecular complexity index is 587. The van der Waals surface area contributed by atoms with Crippen LogP contribution in [0.4, 0.5) is 5.69 Å². The van der Waals surface area contributed by atoms with E-state index in [1.807, 2.05) is 0 Å². The number of sulfonamides is 1. The van der Waals surface area contributed by atoms with E-state index in [-0.39, 0.29) is 11.0 Å². The first kappa shape index (κ1) is 16.1. The van der Waals surface area contributed by atoms with Gasteiger partial charge in [-0.05, 0) is 56.8 Å². The van der Waals surface area contributed by atoms with E-state index in [4.69, 9.17) is 10.5 Å². The summed E-state index contributed by atoms with van der Waals surface area (Å²) in [6, 6.07) is 4.63. The molecule has 3 N–H and O–H groups in total. The highest BCUT2D eigenvalue weighted by Crippen LogP contribution is 2.33. The molecule has 2 atom stereocenters. The number of hydrogen-bond donors (Lipinski definition) is 2. The maximum Gasteiger partial charge on any atom is 0.240 e. The van der Waals surface area contributed by atoms with Gasteiger partial charge in [0.15, 0.2) is 0 Å². The average molecular weight is 312 g/mol. The summed E-state index contributed by atoms with van der Waals surface area (Å²) < 4.78 is 31.8. The van der Waals surface area contributed by atoms with Crippen LogP contribution in [-0.2, 0) is 10.0 Å². The van der Waals surface area contributed by atoms with E-state index in [1.165, 1.54) is 38.4 Å². The van der Waals surface area contributed by atoms with Crippen molar-refractivity contribution in [1.29, 1.82) is 0 Å². The summed E-state index contributed by atoms with van der Waals surface area (Å²) in [7, 11) is -2.09.